The molecule has 0 spiro atoms. The minimum absolute atomic E-state index is 0.472. The third kappa shape index (κ3) is 4.45. The molecule has 1 aliphatic rings. The van der Waals surface area contributed by atoms with Crippen LogP contribution in [0.1, 0.15) is 30.0 Å². The van der Waals surface area contributed by atoms with E-state index < -0.39 is 0 Å². The molecule has 134 valence electrons. The molecule has 1 atom stereocenters. The van der Waals surface area contributed by atoms with Crippen LogP contribution in [0.2, 0.25) is 0 Å². The van der Waals surface area contributed by atoms with Crippen molar-refractivity contribution in [3.8, 4) is 0 Å². The van der Waals surface area contributed by atoms with Crippen LogP contribution in [0, 0.1) is 0 Å². The average Bonchev–Trinajstić information content (AvgIpc) is 3.21. The highest BCUT2D eigenvalue weighted by Crippen LogP contribution is 2.26. The molecule has 1 aliphatic heterocycles. The Balaban J connectivity index is 1.38. The van der Waals surface area contributed by atoms with Crippen molar-refractivity contribution in [3.63, 3.8) is 0 Å². The first-order valence-corrected chi connectivity index (χ1v) is 10.0. The minimum atomic E-state index is 0.472. The van der Waals surface area contributed by atoms with E-state index in [0.29, 0.717) is 11.9 Å². The number of hydrogen-bond donors (Lipinski definition) is 1. The third-order valence-electron chi connectivity index (χ3n) is 4.81. The van der Waals surface area contributed by atoms with E-state index in [9.17, 15) is 0 Å². The maximum Gasteiger partial charge on any atom is 0.229 e. The summed E-state index contributed by atoms with van der Waals surface area (Å²) in [6.07, 6.45) is 7.15. The fraction of sp³-hybridized carbons (Fsp3) is 0.350. The second-order valence-electron chi connectivity index (χ2n) is 6.64. The SMILES string of the molecule is c1ccc(CCN2CCCC(c3ccnc(Nc4nccs4)n3)C2)cc1. The zero-order valence-electron chi connectivity index (χ0n) is 14.7. The van der Waals surface area contributed by atoms with Crippen molar-refractivity contribution in [2.24, 2.45) is 0 Å². The molecule has 5 nitrogen and oxygen atoms in total. The highest BCUT2D eigenvalue weighted by Gasteiger charge is 2.22. The van der Waals surface area contributed by atoms with Crippen LogP contribution in [0.4, 0.5) is 11.1 Å². The summed E-state index contributed by atoms with van der Waals surface area (Å²) in [4.78, 5) is 15.9. The molecule has 1 N–H and O–H groups in total. The van der Waals surface area contributed by atoms with Gasteiger partial charge in [-0.3, -0.25) is 0 Å². The van der Waals surface area contributed by atoms with Crippen LogP contribution in [0.25, 0.3) is 0 Å². The van der Waals surface area contributed by atoms with Gasteiger partial charge >= 0.3 is 0 Å². The molecule has 6 heteroatoms. The summed E-state index contributed by atoms with van der Waals surface area (Å²) >= 11 is 1.55. The van der Waals surface area contributed by atoms with Crippen molar-refractivity contribution in [3.05, 3.63) is 65.4 Å². The van der Waals surface area contributed by atoms with E-state index >= 15 is 0 Å². The summed E-state index contributed by atoms with van der Waals surface area (Å²) in [7, 11) is 0. The lowest BCUT2D eigenvalue weighted by Gasteiger charge is -2.32. The molecule has 2 aromatic heterocycles. The Labute approximate surface area is 158 Å². The zero-order valence-corrected chi connectivity index (χ0v) is 15.5. The van der Waals surface area contributed by atoms with Crippen molar-refractivity contribution in [2.45, 2.75) is 25.2 Å². The summed E-state index contributed by atoms with van der Waals surface area (Å²) in [5.74, 6) is 1.11. The summed E-state index contributed by atoms with van der Waals surface area (Å²) in [5.41, 5.74) is 2.54. The van der Waals surface area contributed by atoms with Gasteiger partial charge in [0.15, 0.2) is 5.13 Å². The quantitative estimate of drug-likeness (QED) is 0.713. The average molecular weight is 366 g/mol. The number of likely N-dealkylation sites (tertiary alicyclic amines) is 1. The molecule has 1 aromatic carbocycles. The van der Waals surface area contributed by atoms with Crippen LogP contribution in [-0.4, -0.2) is 39.5 Å². The number of nitrogens with one attached hydrogen (secondary N) is 1. The molecule has 0 radical (unpaired) electrons. The lowest BCUT2D eigenvalue weighted by molar-refractivity contribution is 0.208. The first-order chi connectivity index (χ1) is 12.9. The number of hydrogen-bond acceptors (Lipinski definition) is 6. The van der Waals surface area contributed by atoms with Crippen molar-refractivity contribution >= 4 is 22.4 Å². The fourth-order valence-electron chi connectivity index (χ4n) is 3.47. The number of thiazole rings is 1. The first kappa shape index (κ1) is 17.1. The van der Waals surface area contributed by atoms with Crippen molar-refractivity contribution < 1.29 is 0 Å². The maximum absolute atomic E-state index is 4.74. The Morgan fingerprint density at radius 1 is 1.12 bits per heavy atom. The Morgan fingerprint density at radius 2 is 2.04 bits per heavy atom. The number of anilines is 2. The molecule has 3 heterocycles. The van der Waals surface area contributed by atoms with Gasteiger partial charge in [-0.15, -0.1) is 11.3 Å². The van der Waals surface area contributed by atoms with Gasteiger partial charge in [-0.05, 0) is 37.4 Å². The number of aromatic nitrogens is 3. The molecule has 1 fully saturated rings. The van der Waals surface area contributed by atoms with Crippen molar-refractivity contribution in [1.82, 2.24) is 19.9 Å². The molecule has 3 aromatic rings. The van der Waals surface area contributed by atoms with Crippen molar-refractivity contribution in [1.29, 1.82) is 0 Å². The molecule has 0 saturated carbocycles. The van der Waals surface area contributed by atoms with Crippen LogP contribution >= 0.6 is 11.3 Å². The van der Waals surface area contributed by atoms with Gasteiger partial charge in [0.05, 0.1) is 5.69 Å². The topological polar surface area (TPSA) is 53.9 Å². The van der Waals surface area contributed by atoms with Gasteiger partial charge in [-0.1, -0.05) is 30.3 Å². The molecule has 0 aliphatic carbocycles. The van der Waals surface area contributed by atoms with Gasteiger partial charge < -0.3 is 10.2 Å². The highest BCUT2D eigenvalue weighted by molar-refractivity contribution is 7.13. The van der Waals surface area contributed by atoms with Crippen LogP contribution in [0.15, 0.2) is 54.2 Å². The highest BCUT2D eigenvalue weighted by atomic mass is 32.1. The minimum Gasteiger partial charge on any atom is -0.302 e. The van der Waals surface area contributed by atoms with E-state index in [1.54, 1.807) is 17.5 Å². The van der Waals surface area contributed by atoms with Gasteiger partial charge in [-0.2, -0.15) is 0 Å². The van der Waals surface area contributed by atoms with E-state index in [4.69, 9.17) is 4.98 Å². The molecule has 1 saturated heterocycles. The van der Waals surface area contributed by atoms with E-state index in [2.05, 4.69) is 56.6 Å². The molecular weight excluding hydrogens is 342 g/mol. The Morgan fingerprint density at radius 3 is 2.88 bits per heavy atom. The number of rotatable bonds is 6. The van der Waals surface area contributed by atoms with Gasteiger partial charge in [0.25, 0.3) is 0 Å². The van der Waals surface area contributed by atoms with Crippen LogP contribution in [-0.2, 0) is 6.42 Å². The predicted molar refractivity (Wildman–Crippen MR) is 106 cm³/mol. The van der Waals surface area contributed by atoms with E-state index in [-0.39, 0.29) is 0 Å². The molecule has 0 bridgehead atoms. The third-order valence-corrected chi connectivity index (χ3v) is 5.50. The Bertz CT molecular complexity index is 806. The number of nitrogens with zero attached hydrogens (tertiary/aromatic N) is 4. The molecule has 1 unspecified atom stereocenters. The molecule has 0 amide bonds. The maximum atomic E-state index is 4.74. The second kappa shape index (κ2) is 8.38. The number of piperidine rings is 1. The van der Waals surface area contributed by atoms with Crippen molar-refractivity contribution in [2.75, 3.05) is 25.0 Å². The monoisotopic (exact) mass is 365 g/mol. The van der Waals surface area contributed by atoms with Gasteiger partial charge in [0.1, 0.15) is 0 Å². The van der Waals surface area contributed by atoms with Crippen LogP contribution in [0.5, 0.6) is 0 Å². The predicted octanol–water partition coefficient (Wildman–Crippen LogP) is 4.10. The summed E-state index contributed by atoms with van der Waals surface area (Å²) < 4.78 is 0. The van der Waals surface area contributed by atoms with E-state index in [1.807, 2.05) is 11.6 Å². The Hall–Kier alpha value is -2.31. The molecule has 26 heavy (non-hydrogen) atoms. The van der Waals surface area contributed by atoms with E-state index in [1.165, 1.54) is 24.9 Å². The largest absolute Gasteiger partial charge is 0.302 e. The van der Waals surface area contributed by atoms with Crippen LogP contribution < -0.4 is 5.32 Å². The van der Waals surface area contributed by atoms with Crippen LogP contribution in [0.3, 0.4) is 0 Å². The fourth-order valence-corrected chi connectivity index (χ4v) is 4.00. The summed E-state index contributed by atoms with van der Waals surface area (Å²) in [6, 6.07) is 12.8. The summed E-state index contributed by atoms with van der Waals surface area (Å²) in [5, 5.41) is 5.96. The standard InChI is InChI=1S/C20H23N5S/c1-2-5-16(6-3-1)9-13-25-12-4-7-17(15-25)18-8-10-21-19(23-18)24-20-22-11-14-26-20/h1-3,5-6,8,10-11,14,17H,4,7,9,12-13,15H2,(H,21,22,23,24). The van der Waals surface area contributed by atoms with Gasteiger partial charge in [-0.25, -0.2) is 15.0 Å². The first-order valence-electron chi connectivity index (χ1n) is 9.12. The molecular formula is C20H23N5S. The number of benzene rings is 1. The Kier molecular flexibility index (Phi) is 5.52. The van der Waals surface area contributed by atoms with Gasteiger partial charge in [0.2, 0.25) is 5.95 Å². The molecule has 4 rings (SSSR count). The van der Waals surface area contributed by atoms with E-state index in [0.717, 1.165) is 30.3 Å². The van der Waals surface area contributed by atoms with Gasteiger partial charge in [0, 0.05) is 36.8 Å². The lowest BCUT2D eigenvalue weighted by Crippen LogP contribution is -2.36. The smallest absolute Gasteiger partial charge is 0.229 e. The zero-order chi connectivity index (χ0) is 17.6. The normalized spacial score (nSPS) is 17.9. The lowest BCUT2D eigenvalue weighted by atomic mass is 9.94. The second-order valence-corrected chi connectivity index (χ2v) is 7.54. The summed E-state index contributed by atoms with van der Waals surface area (Å²) in [6.45, 7) is 3.36.